The Labute approximate surface area is 218 Å². The number of hydrogen-bond acceptors (Lipinski definition) is 7. The summed E-state index contributed by atoms with van der Waals surface area (Å²) in [6.07, 6.45) is 15.4. The minimum absolute atomic E-state index is 0.111. The van der Waals surface area contributed by atoms with E-state index in [1.54, 1.807) is 0 Å². The molecule has 8 heteroatoms. The predicted octanol–water partition coefficient (Wildman–Crippen LogP) is 3.79. The Morgan fingerprint density at radius 2 is 1.75 bits per heavy atom. The number of likely N-dealkylation sites (tertiary alicyclic amines) is 1. The normalized spacial score (nSPS) is 25.1. The van der Waals surface area contributed by atoms with E-state index in [0.29, 0.717) is 18.5 Å². The number of likely N-dealkylation sites (N-methyl/N-ethyl adjacent to an activating group) is 1. The van der Waals surface area contributed by atoms with Crippen molar-refractivity contribution in [3.05, 3.63) is 12.3 Å². The zero-order valence-electron chi connectivity index (χ0n) is 22.8. The fourth-order valence-corrected chi connectivity index (χ4v) is 6.39. The van der Waals surface area contributed by atoms with Gasteiger partial charge < -0.3 is 20.9 Å². The van der Waals surface area contributed by atoms with Crippen molar-refractivity contribution in [2.75, 3.05) is 43.4 Å². The highest BCUT2D eigenvalue weighted by Crippen LogP contribution is 2.30. The maximum atomic E-state index is 13.0. The quantitative estimate of drug-likeness (QED) is 0.452. The van der Waals surface area contributed by atoms with Gasteiger partial charge in [-0.15, -0.1) is 0 Å². The summed E-state index contributed by atoms with van der Waals surface area (Å²) in [6, 6.07) is 3.00. The van der Waals surface area contributed by atoms with Gasteiger partial charge in [-0.1, -0.05) is 46.0 Å². The predicted molar refractivity (Wildman–Crippen MR) is 147 cm³/mol. The second-order valence-corrected chi connectivity index (χ2v) is 11.5. The van der Waals surface area contributed by atoms with Crippen LogP contribution in [0.4, 0.5) is 11.8 Å². The summed E-state index contributed by atoms with van der Waals surface area (Å²) >= 11 is 0. The number of nitrogens with one attached hydrogen (secondary N) is 3. The average molecular weight is 500 g/mol. The van der Waals surface area contributed by atoms with Crippen molar-refractivity contribution in [2.45, 2.75) is 109 Å². The fraction of sp³-hybridized carbons (Fsp3) is 0.821. The number of anilines is 2. The van der Waals surface area contributed by atoms with Crippen LogP contribution in [-0.2, 0) is 4.79 Å². The van der Waals surface area contributed by atoms with E-state index in [2.05, 4.69) is 44.6 Å². The Morgan fingerprint density at radius 1 is 1.03 bits per heavy atom. The van der Waals surface area contributed by atoms with Crippen LogP contribution in [0.2, 0.25) is 0 Å². The molecule has 0 aromatic carbocycles. The van der Waals surface area contributed by atoms with Crippen LogP contribution in [0.5, 0.6) is 0 Å². The van der Waals surface area contributed by atoms with Crippen LogP contribution in [0, 0.1) is 5.92 Å². The van der Waals surface area contributed by atoms with Gasteiger partial charge in [0.15, 0.2) is 0 Å². The van der Waals surface area contributed by atoms with Crippen LogP contribution < -0.4 is 20.9 Å². The number of amides is 1. The third-order valence-corrected chi connectivity index (χ3v) is 8.38. The third-order valence-electron chi connectivity index (χ3n) is 8.38. The molecule has 3 fully saturated rings. The van der Waals surface area contributed by atoms with Gasteiger partial charge in [-0.3, -0.25) is 9.69 Å². The van der Waals surface area contributed by atoms with Crippen LogP contribution >= 0.6 is 0 Å². The van der Waals surface area contributed by atoms with Crippen LogP contribution in [0.3, 0.4) is 0 Å². The minimum atomic E-state index is -0.144. The molecule has 1 aromatic rings. The van der Waals surface area contributed by atoms with Gasteiger partial charge in [0.1, 0.15) is 5.82 Å². The van der Waals surface area contributed by atoms with E-state index < -0.39 is 0 Å². The molecule has 3 atom stereocenters. The zero-order valence-corrected chi connectivity index (χ0v) is 22.8. The molecule has 202 valence electrons. The molecule has 0 unspecified atom stereocenters. The first-order chi connectivity index (χ1) is 17.5. The second-order valence-electron chi connectivity index (χ2n) is 11.5. The highest BCUT2D eigenvalue weighted by molar-refractivity contribution is 5.81. The van der Waals surface area contributed by atoms with E-state index in [1.807, 2.05) is 19.3 Å². The first-order valence-corrected chi connectivity index (χ1v) is 14.6. The monoisotopic (exact) mass is 499 g/mol. The highest BCUT2D eigenvalue weighted by Gasteiger charge is 2.39. The van der Waals surface area contributed by atoms with E-state index in [-0.39, 0.29) is 24.0 Å². The molecule has 0 radical (unpaired) electrons. The van der Waals surface area contributed by atoms with E-state index in [1.165, 1.54) is 57.8 Å². The van der Waals surface area contributed by atoms with E-state index in [4.69, 9.17) is 4.98 Å². The van der Waals surface area contributed by atoms with E-state index in [0.717, 1.165) is 44.2 Å². The van der Waals surface area contributed by atoms with Crippen LogP contribution in [0.25, 0.3) is 0 Å². The Morgan fingerprint density at radius 3 is 2.44 bits per heavy atom. The number of carbonyl (C=O) groups is 1. The lowest BCUT2D eigenvalue weighted by Crippen LogP contribution is -2.53. The number of rotatable bonds is 10. The summed E-state index contributed by atoms with van der Waals surface area (Å²) in [5.41, 5.74) is 0. The molecule has 0 bridgehead atoms. The standard InChI is InChI=1S/C28H49N7O/c1-21(2)19-24(29-3)27(36)31-20-25-23(14-18-35(25)22-11-7-6-8-12-22)32-28-30-15-13-26(33-28)34-16-9-4-5-10-17-34/h13,15,21-25,29H,4-12,14,16-20H2,1-3H3,(H,31,36)(H,30,32,33)/t23-,24-,25+/m0/s1. The fourth-order valence-electron chi connectivity index (χ4n) is 6.39. The van der Waals surface area contributed by atoms with Crippen molar-refractivity contribution in [3.8, 4) is 0 Å². The number of carbonyl (C=O) groups excluding carboxylic acids is 1. The minimum Gasteiger partial charge on any atom is -0.356 e. The summed E-state index contributed by atoms with van der Waals surface area (Å²) in [5, 5.41) is 10.2. The van der Waals surface area contributed by atoms with E-state index in [9.17, 15) is 4.79 Å². The lowest BCUT2D eigenvalue weighted by atomic mass is 9.93. The van der Waals surface area contributed by atoms with Crippen molar-refractivity contribution < 1.29 is 4.79 Å². The third kappa shape index (κ3) is 7.31. The summed E-state index contributed by atoms with van der Waals surface area (Å²) in [6.45, 7) is 8.21. The van der Waals surface area contributed by atoms with Gasteiger partial charge in [0, 0.05) is 50.5 Å². The van der Waals surface area contributed by atoms with Crippen molar-refractivity contribution in [3.63, 3.8) is 0 Å². The molecule has 8 nitrogen and oxygen atoms in total. The second kappa shape index (κ2) is 13.6. The lowest BCUT2D eigenvalue weighted by Gasteiger charge is -2.37. The first kappa shape index (κ1) is 27.1. The molecule has 1 aromatic heterocycles. The van der Waals surface area contributed by atoms with E-state index >= 15 is 0 Å². The Hall–Kier alpha value is -1.93. The topological polar surface area (TPSA) is 85.4 Å². The molecule has 36 heavy (non-hydrogen) atoms. The van der Waals surface area contributed by atoms with Gasteiger partial charge in [-0.25, -0.2) is 4.98 Å². The van der Waals surface area contributed by atoms with Crippen molar-refractivity contribution in [2.24, 2.45) is 5.92 Å². The summed E-state index contributed by atoms with van der Waals surface area (Å²) in [4.78, 5) is 27.6. The van der Waals surface area contributed by atoms with Crippen molar-refractivity contribution in [1.82, 2.24) is 25.5 Å². The van der Waals surface area contributed by atoms with Gasteiger partial charge in [0.2, 0.25) is 11.9 Å². The molecule has 2 aliphatic heterocycles. The molecule has 0 spiro atoms. The Balaban J connectivity index is 1.44. The largest absolute Gasteiger partial charge is 0.356 e. The molecule has 4 rings (SSSR count). The number of nitrogens with zero attached hydrogens (tertiary/aromatic N) is 4. The molecule has 1 saturated carbocycles. The highest BCUT2D eigenvalue weighted by atomic mass is 16.2. The van der Waals surface area contributed by atoms with Gasteiger partial charge in [-0.05, 0) is 57.6 Å². The molecule has 1 amide bonds. The Bertz CT molecular complexity index is 805. The summed E-state index contributed by atoms with van der Waals surface area (Å²) in [5.74, 6) is 2.34. The smallest absolute Gasteiger partial charge is 0.237 e. The zero-order chi connectivity index (χ0) is 25.3. The molecule has 1 aliphatic carbocycles. The summed E-state index contributed by atoms with van der Waals surface area (Å²) < 4.78 is 0. The molecule has 3 heterocycles. The first-order valence-electron chi connectivity index (χ1n) is 14.6. The summed E-state index contributed by atoms with van der Waals surface area (Å²) in [7, 11) is 1.88. The van der Waals surface area contributed by atoms with Crippen LogP contribution in [0.15, 0.2) is 12.3 Å². The molecule has 2 saturated heterocycles. The van der Waals surface area contributed by atoms with Gasteiger partial charge in [-0.2, -0.15) is 4.98 Å². The lowest BCUT2D eigenvalue weighted by molar-refractivity contribution is -0.123. The van der Waals surface area contributed by atoms with Gasteiger partial charge >= 0.3 is 0 Å². The maximum absolute atomic E-state index is 13.0. The average Bonchev–Trinajstić information content (AvgIpc) is 3.09. The van der Waals surface area contributed by atoms with Crippen molar-refractivity contribution in [1.29, 1.82) is 0 Å². The van der Waals surface area contributed by atoms with Crippen LogP contribution in [0.1, 0.15) is 84.5 Å². The molecule has 3 aliphatic rings. The number of aromatic nitrogens is 2. The van der Waals surface area contributed by atoms with Gasteiger partial charge in [0.25, 0.3) is 0 Å². The Kier molecular flexibility index (Phi) is 10.2. The van der Waals surface area contributed by atoms with Crippen molar-refractivity contribution >= 4 is 17.7 Å². The maximum Gasteiger partial charge on any atom is 0.237 e. The number of hydrogen-bond donors (Lipinski definition) is 3. The SMILES string of the molecule is CN[C@@H](CC(C)C)C(=O)NC[C@@H]1[C@@H](Nc2nccc(N3CCCCCC3)n2)CCN1C1CCCCC1. The van der Waals surface area contributed by atoms with Crippen LogP contribution in [-0.4, -0.2) is 78.2 Å². The molecular weight excluding hydrogens is 450 g/mol. The molecule has 3 N–H and O–H groups in total. The van der Waals surface area contributed by atoms with Gasteiger partial charge in [0.05, 0.1) is 6.04 Å². The molecular formula is C28H49N7O.